The van der Waals surface area contributed by atoms with Crippen LogP contribution in [-0.2, 0) is 28.7 Å². The van der Waals surface area contributed by atoms with E-state index in [1.807, 2.05) is 0 Å². The second kappa shape index (κ2) is 9.56. The maximum atomic E-state index is 14.6. The summed E-state index contributed by atoms with van der Waals surface area (Å²) in [6, 6.07) is 0.909. The Morgan fingerprint density at radius 1 is 1.09 bits per heavy atom. The molecule has 3 saturated carbocycles. The van der Waals surface area contributed by atoms with Crippen molar-refractivity contribution in [2.45, 2.75) is 70.7 Å². The molecular formula is C31H35F3N2O7. The van der Waals surface area contributed by atoms with Crippen LogP contribution in [0.4, 0.5) is 13.2 Å². The maximum Gasteiger partial charge on any atom is 0.417 e. The molecule has 7 rings (SSSR count). The van der Waals surface area contributed by atoms with Gasteiger partial charge < -0.3 is 31.5 Å². The van der Waals surface area contributed by atoms with Crippen molar-refractivity contribution in [3.63, 3.8) is 0 Å². The largest absolute Gasteiger partial charge is 0.511 e. The molecule has 3 unspecified atom stereocenters. The Morgan fingerprint density at radius 2 is 1.79 bits per heavy atom. The van der Waals surface area contributed by atoms with Crippen molar-refractivity contribution in [2.75, 3.05) is 6.54 Å². The summed E-state index contributed by atoms with van der Waals surface area (Å²) < 4.78 is 43.9. The number of benzene rings is 1. The van der Waals surface area contributed by atoms with Crippen LogP contribution >= 0.6 is 0 Å². The van der Waals surface area contributed by atoms with Crippen LogP contribution in [0.25, 0.3) is 0 Å². The number of aliphatic hydroxyl groups excluding tert-OH is 2. The molecule has 0 spiro atoms. The van der Waals surface area contributed by atoms with Crippen LogP contribution in [-0.4, -0.2) is 50.0 Å². The van der Waals surface area contributed by atoms with Gasteiger partial charge >= 0.3 is 6.18 Å². The molecule has 2 bridgehead atoms. The van der Waals surface area contributed by atoms with Crippen LogP contribution in [0.1, 0.15) is 73.0 Å². The average molecular weight is 605 g/mol. The van der Waals surface area contributed by atoms with Crippen molar-refractivity contribution >= 4 is 17.5 Å². The minimum absolute atomic E-state index is 0.180. The van der Waals surface area contributed by atoms with E-state index in [-0.39, 0.29) is 23.9 Å². The van der Waals surface area contributed by atoms with Crippen LogP contribution < -0.4 is 11.1 Å². The van der Waals surface area contributed by atoms with Crippen molar-refractivity contribution < 1.29 is 48.0 Å². The number of phenols is 1. The van der Waals surface area contributed by atoms with Crippen molar-refractivity contribution in [1.82, 2.24) is 5.32 Å². The number of carbonyl (C=O) groups excluding carboxylic acids is 3. The van der Waals surface area contributed by atoms with Gasteiger partial charge in [0.1, 0.15) is 22.8 Å². The molecule has 6 aliphatic rings. The molecule has 6 atom stereocenters. The molecule has 0 radical (unpaired) electrons. The lowest BCUT2D eigenvalue weighted by Crippen LogP contribution is -2.57. The van der Waals surface area contributed by atoms with E-state index < -0.39 is 99.0 Å². The summed E-state index contributed by atoms with van der Waals surface area (Å²) in [6.45, 7) is 4.82. The van der Waals surface area contributed by atoms with Crippen LogP contribution in [0.3, 0.4) is 0 Å². The van der Waals surface area contributed by atoms with Crippen molar-refractivity contribution in [3.8, 4) is 5.75 Å². The number of nitrogens with two attached hydrogens (primary N) is 1. The molecule has 1 amide bonds. The number of rotatable bonds is 5. The zero-order valence-electron chi connectivity index (χ0n) is 23.8. The van der Waals surface area contributed by atoms with E-state index >= 15 is 0 Å². The van der Waals surface area contributed by atoms with Crippen LogP contribution in [0, 0.1) is 35.0 Å². The van der Waals surface area contributed by atoms with E-state index in [9.17, 15) is 48.0 Å². The number of primary amides is 1. The number of hydrogen-bond donors (Lipinski definition) is 6. The summed E-state index contributed by atoms with van der Waals surface area (Å²) in [6.07, 6.45) is -2.78. The molecule has 0 heterocycles. The molecular weight excluding hydrogens is 569 g/mol. The normalized spacial score (nSPS) is 33.0. The molecule has 9 nitrogen and oxygen atoms in total. The van der Waals surface area contributed by atoms with Gasteiger partial charge in [-0.1, -0.05) is 13.8 Å². The van der Waals surface area contributed by atoms with Crippen LogP contribution in [0.5, 0.6) is 5.75 Å². The molecule has 0 saturated heterocycles. The molecule has 43 heavy (non-hydrogen) atoms. The van der Waals surface area contributed by atoms with E-state index in [1.165, 1.54) is 0 Å². The number of phenolic OH excluding ortho intramolecular Hbond substituents is 1. The fourth-order valence-electron chi connectivity index (χ4n) is 8.85. The molecule has 1 aromatic carbocycles. The Balaban J connectivity index is 1.35. The summed E-state index contributed by atoms with van der Waals surface area (Å²) in [5, 5.41) is 46.8. The zero-order chi connectivity index (χ0) is 31.4. The van der Waals surface area contributed by atoms with Gasteiger partial charge in [0, 0.05) is 24.5 Å². The summed E-state index contributed by atoms with van der Waals surface area (Å²) in [7, 11) is 0. The van der Waals surface area contributed by atoms with Gasteiger partial charge in [0.15, 0.2) is 11.4 Å². The Hall–Kier alpha value is -3.38. The number of aromatic hydroxyl groups is 1. The van der Waals surface area contributed by atoms with Gasteiger partial charge in [0.05, 0.1) is 11.1 Å². The summed E-state index contributed by atoms with van der Waals surface area (Å²) in [4.78, 5) is 38.5. The number of Topliss-reactive ketones (excluding diaryl/α,β-unsaturated/α-hetero) is 2. The lowest BCUT2D eigenvalue weighted by atomic mass is 9.45. The number of allylic oxidation sites excluding steroid dienone is 2. The number of carbonyl (C=O) groups is 3. The van der Waals surface area contributed by atoms with Crippen molar-refractivity contribution in [2.24, 2.45) is 40.7 Å². The number of hydrogen-bond acceptors (Lipinski definition) is 8. The highest BCUT2D eigenvalue weighted by Crippen LogP contribution is 2.61. The van der Waals surface area contributed by atoms with E-state index in [0.717, 1.165) is 25.3 Å². The molecule has 1 aromatic rings. The van der Waals surface area contributed by atoms with Gasteiger partial charge in [-0.2, -0.15) is 13.2 Å². The SMILES string of the molecule is CC1(C)C2CC[C@H](CNCc3cc(O)c4c(c3C(F)(F)F)CC3C[C@H]5CC(O)=C(C(N)=O)C(=O)[C@@]5(O)C(O)=C3C4=O)C1C2. The minimum atomic E-state index is -4.88. The standard InChI is InChI=1S/C31H35F3N2O7/c1-29(2)15-4-3-12(18(29)8-15)10-36-11-14-7-19(37)22-17(24(14)31(32,33)34)6-13-5-16-9-20(38)23(28(35)42)27(41)30(16,43)26(40)21(13)25(22)39/h7,12-13,15-16,18,36-38,40,43H,3-6,8-11H2,1-2H3,(H2,35,42)/t12-,13?,15?,16+,18?,30+/m1/s1. The number of amides is 1. The third kappa shape index (κ3) is 4.16. The summed E-state index contributed by atoms with van der Waals surface area (Å²) >= 11 is 0. The highest BCUT2D eigenvalue weighted by Gasteiger charge is 2.60. The predicted molar refractivity (Wildman–Crippen MR) is 146 cm³/mol. The molecule has 0 aromatic heterocycles. The number of fused-ring (bicyclic) bond motifs is 5. The molecule has 7 N–H and O–H groups in total. The molecule has 232 valence electrons. The molecule has 3 fully saturated rings. The number of nitrogens with one attached hydrogen (secondary N) is 1. The molecule has 12 heteroatoms. The van der Waals surface area contributed by atoms with Crippen LogP contribution in [0.15, 0.2) is 28.7 Å². The van der Waals surface area contributed by atoms with Gasteiger partial charge in [-0.05, 0) is 84.9 Å². The molecule has 6 aliphatic carbocycles. The lowest BCUT2D eigenvalue weighted by molar-refractivity contribution is -0.144. The highest BCUT2D eigenvalue weighted by atomic mass is 19.4. The summed E-state index contributed by atoms with van der Waals surface area (Å²) in [5.41, 5.74) is -1.11. The van der Waals surface area contributed by atoms with Crippen molar-refractivity contribution in [1.29, 1.82) is 0 Å². The quantitative estimate of drug-likeness (QED) is 0.276. The maximum absolute atomic E-state index is 14.6. The average Bonchev–Trinajstić information content (AvgIpc) is 2.89. The van der Waals surface area contributed by atoms with E-state index in [4.69, 9.17) is 5.73 Å². The van der Waals surface area contributed by atoms with E-state index in [2.05, 4.69) is 19.2 Å². The molecule has 0 aliphatic heterocycles. The fourth-order valence-corrected chi connectivity index (χ4v) is 8.85. The number of aliphatic hydroxyl groups is 3. The monoisotopic (exact) mass is 604 g/mol. The number of alkyl halides is 3. The van der Waals surface area contributed by atoms with E-state index in [0.29, 0.717) is 24.3 Å². The fraction of sp³-hybridized carbons (Fsp3) is 0.581. The lowest BCUT2D eigenvalue weighted by Gasteiger charge is -2.60. The second-order valence-corrected chi connectivity index (χ2v) is 13.5. The van der Waals surface area contributed by atoms with E-state index in [1.54, 1.807) is 0 Å². The first-order chi connectivity index (χ1) is 20.0. The first kappa shape index (κ1) is 29.7. The number of ketones is 2. The van der Waals surface area contributed by atoms with Gasteiger partial charge in [0.2, 0.25) is 5.78 Å². The summed E-state index contributed by atoms with van der Waals surface area (Å²) in [5.74, 6) is -7.16. The van der Waals surface area contributed by atoms with Crippen LogP contribution in [0.2, 0.25) is 0 Å². The Kier molecular flexibility index (Phi) is 6.60. The highest BCUT2D eigenvalue weighted by molar-refractivity contribution is 6.24. The third-order valence-electron chi connectivity index (χ3n) is 11.2. The first-order valence-corrected chi connectivity index (χ1v) is 14.6. The second-order valence-electron chi connectivity index (χ2n) is 13.5. The Morgan fingerprint density at radius 3 is 2.40 bits per heavy atom. The topological polar surface area (TPSA) is 170 Å². The predicted octanol–water partition coefficient (Wildman–Crippen LogP) is 3.76. The number of halogens is 3. The smallest absolute Gasteiger partial charge is 0.417 e. The van der Waals surface area contributed by atoms with Gasteiger partial charge in [-0.15, -0.1) is 0 Å². The van der Waals surface area contributed by atoms with Gasteiger partial charge in [-0.3, -0.25) is 14.4 Å². The minimum Gasteiger partial charge on any atom is -0.511 e. The zero-order valence-corrected chi connectivity index (χ0v) is 23.8. The van der Waals surface area contributed by atoms with Gasteiger partial charge in [-0.25, -0.2) is 0 Å². The van der Waals surface area contributed by atoms with Crippen molar-refractivity contribution in [3.05, 3.63) is 51.0 Å². The Bertz CT molecular complexity index is 1530. The third-order valence-corrected chi connectivity index (χ3v) is 11.2. The Labute approximate surface area is 245 Å². The van der Waals surface area contributed by atoms with Gasteiger partial charge in [0.25, 0.3) is 5.91 Å². The first-order valence-electron chi connectivity index (χ1n) is 14.6.